The van der Waals surface area contributed by atoms with Crippen molar-refractivity contribution in [3.63, 3.8) is 0 Å². The van der Waals surface area contributed by atoms with Gasteiger partial charge in [-0.15, -0.1) is 0 Å². The summed E-state index contributed by atoms with van der Waals surface area (Å²) in [7, 11) is 0. The maximum absolute atomic E-state index is 9.07. The largest absolute Gasteiger partial charge is 0.383 e. The summed E-state index contributed by atoms with van der Waals surface area (Å²) in [5.74, 6) is 0. The van der Waals surface area contributed by atoms with Gasteiger partial charge in [-0.2, -0.15) is 5.26 Å². The number of nitriles is 1. The number of benzene rings is 1. The van der Waals surface area contributed by atoms with Gasteiger partial charge in [0.25, 0.3) is 0 Å². The lowest BCUT2D eigenvalue weighted by atomic mass is 10.0. The molecule has 19 heavy (non-hydrogen) atoms. The molecule has 0 spiro atoms. The molecule has 0 bridgehead atoms. The fourth-order valence-corrected chi connectivity index (χ4v) is 2.76. The van der Waals surface area contributed by atoms with E-state index in [0.717, 1.165) is 18.8 Å². The van der Waals surface area contributed by atoms with Crippen molar-refractivity contribution in [1.29, 1.82) is 5.26 Å². The Morgan fingerprint density at radius 1 is 1.47 bits per heavy atom. The van der Waals surface area contributed by atoms with Gasteiger partial charge in [-0.05, 0) is 44.5 Å². The summed E-state index contributed by atoms with van der Waals surface area (Å²) in [5.41, 5.74) is 1.48. The third kappa shape index (κ3) is 3.86. The summed E-state index contributed by atoms with van der Waals surface area (Å²) in [4.78, 5) is 2.51. The van der Waals surface area contributed by atoms with Crippen LogP contribution < -0.4 is 5.32 Å². The first-order chi connectivity index (χ1) is 9.20. The molecule has 0 saturated carbocycles. The number of rotatable bonds is 4. The summed E-state index contributed by atoms with van der Waals surface area (Å²) >= 11 is 5.88. The van der Waals surface area contributed by atoms with Crippen LogP contribution in [0.2, 0.25) is 5.02 Å². The Labute approximate surface area is 120 Å². The Kier molecular flexibility index (Phi) is 5.07. The lowest BCUT2D eigenvalue weighted by Gasteiger charge is -2.33. The van der Waals surface area contributed by atoms with E-state index in [-0.39, 0.29) is 0 Å². The standard InChI is InChI=1S/C15H20ClN3/c1-12-4-2-3-8-19(12)9-7-18-15-6-5-14(16)10-13(15)11-17/h5-6,10,12,18H,2-4,7-9H2,1H3. The van der Waals surface area contributed by atoms with E-state index in [9.17, 15) is 0 Å². The van der Waals surface area contributed by atoms with Crippen LogP contribution in [0.5, 0.6) is 0 Å². The van der Waals surface area contributed by atoms with E-state index in [1.54, 1.807) is 6.07 Å². The molecule has 1 unspecified atom stereocenters. The van der Waals surface area contributed by atoms with Crippen LogP contribution in [0.4, 0.5) is 5.69 Å². The van der Waals surface area contributed by atoms with E-state index in [1.165, 1.54) is 25.8 Å². The van der Waals surface area contributed by atoms with E-state index in [0.29, 0.717) is 16.6 Å². The number of hydrogen-bond donors (Lipinski definition) is 1. The van der Waals surface area contributed by atoms with E-state index < -0.39 is 0 Å². The highest BCUT2D eigenvalue weighted by Crippen LogP contribution is 2.20. The average Bonchev–Trinajstić information content (AvgIpc) is 2.42. The zero-order valence-corrected chi connectivity index (χ0v) is 12.1. The van der Waals surface area contributed by atoms with Gasteiger partial charge in [0.1, 0.15) is 6.07 Å². The fourth-order valence-electron chi connectivity index (χ4n) is 2.59. The summed E-state index contributed by atoms with van der Waals surface area (Å²) in [6, 6.07) is 8.24. The smallest absolute Gasteiger partial charge is 0.101 e. The molecule has 102 valence electrons. The van der Waals surface area contributed by atoms with Crippen LogP contribution in [0, 0.1) is 11.3 Å². The zero-order valence-electron chi connectivity index (χ0n) is 11.3. The highest BCUT2D eigenvalue weighted by Gasteiger charge is 2.17. The first-order valence-corrected chi connectivity index (χ1v) is 7.26. The number of nitrogens with one attached hydrogen (secondary N) is 1. The van der Waals surface area contributed by atoms with Gasteiger partial charge in [-0.1, -0.05) is 18.0 Å². The van der Waals surface area contributed by atoms with Gasteiger partial charge in [-0.25, -0.2) is 0 Å². The Balaban J connectivity index is 1.87. The first-order valence-electron chi connectivity index (χ1n) is 6.88. The third-order valence-electron chi connectivity index (χ3n) is 3.76. The average molecular weight is 278 g/mol. The third-order valence-corrected chi connectivity index (χ3v) is 3.99. The van der Waals surface area contributed by atoms with Crippen molar-refractivity contribution in [2.75, 3.05) is 25.0 Å². The molecule has 4 heteroatoms. The van der Waals surface area contributed by atoms with E-state index in [4.69, 9.17) is 16.9 Å². The molecule has 1 fully saturated rings. The van der Waals surface area contributed by atoms with Crippen LogP contribution in [0.15, 0.2) is 18.2 Å². The normalized spacial score (nSPS) is 19.9. The number of piperidine rings is 1. The van der Waals surface area contributed by atoms with Gasteiger partial charge >= 0.3 is 0 Å². The minimum atomic E-state index is 0.603. The minimum absolute atomic E-state index is 0.603. The number of halogens is 1. The number of likely N-dealkylation sites (tertiary alicyclic amines) is 1. The lowest BCUT2D eigenvalue weighted by molar-refractivity contribution is 0.167. The second-order valence-corrected chi connectivity index (χ2v) is 5.55. The van der Waals surface area contributed by atoms with Crippen molar-refractivity contribution in [1.82, 2.24) is 4.90 Å². The number of anilines is 1. The van der Waals surface area contributed by atoms with Crippen LogP contribution in [0.25, 0.3) is 0 Å². The predicted octanol–water partition coefficient (Wildman–Crippen LogP) is 3.50. The molecule has 1 aromatic rings. The zero-order chi connectivity index (χ0) is 13.7. The summed E-state index contributed by atoms with van der Waals surface area (Å²) < 4.78 is 0. The molecule has 1 atom stereocenters. The summed E-state index contributed by atoms with van der Waals surface area (Å²) in [6.45, 7) is 5.37. The number of hydrogen-bond acceptors (Lipinski definition) is 3. The predicted molar refractivity (Wildman–Crippen MR) is 79.5 cm³/mol. The van der Waals surface area contributed by atoms with E-state index in [1.807, 2.05) is 12.1 Å². The molecule has 1 heterocycles. The molecule has 1 aromatic carbocycles. The highest BCUT2D eigenvalue weighted by molar-refractivity contribution is 6.30. The Bertz CT molecular complexity index is 467. The monoisotopic (exact) mass is 277 g/mol. The van der Waals surface area contributed by atoms with Crippen LogP contribution in [-0.2, 0) is 0 Å². The van der Waals surface area contributed by atoms with Crippen LogP contribution in [0.3, 0.4) is 0 Å². The second kappa shape index (κ2) is 6.79. The first kappa shape index (κ1) is 14.2. The van der Waals surface area contributed by atoms with Gasteiger partial charge in [0, 0.05) is 24.2 Å². The maximum Gasteiger partial charge on any atom is 0.101 e. The molecular formula is C15H20ClN3. The molecular weight excluding hydrogens is 258 g/mol. The van der Waals surface area contributed by atoms with Crippen molar-refractivity contribution in [3.05, 3.63) is 28.8 Å². The fraction of sp³-hybridized carbons (Fsp3) is 0.533. The Morgan fingerprint density at radius 3 is 3.05 bits per heavy atom. The molecule has 3 nitrogen and oxygen atoms in total. The van der Waals surface area contributed by atoms with Crippen LogP contribution in [-0.4, -0.2) is 30.6 Å². The van der Waals surface area contributed by atoms with Crippen LogP contribution in [0.1, 0.15) is 31.7 Å². The molecule has 1 saturated heterocycles. The molecule has 0 aliphatic carbocycles. The SMILES string of the molecule is CC1CCCCN1CCNc1ccc(Cl)cc1C#N. The molecule has 1 N–H and O–H groups in total. The van der Waals surface area contributed by atoms with E-state index >= 15 is 0 Å². The van der Waals surface area contributed by atoms with Gasteiger partial charge in [-0.3, -0.25) is 4.90 Å². The number of nitrogens with zero attached hydrogens (tertiary/aromatic N) is 2. The van der Waals surface area contributed by atoms with Gasteiger partial charge in [0.2, 0.25) is 0 Å². The van der Waals surface area contributed by atoms with Crippen molar-refractivity contribution < 1.29 is 0 Å². The van der Waals surface area contributed by atoms with Crippen molar-refractivity contribution >= 4 is 17.3 Å². The highest BCUT2D eigenvalue weighted by atomic mass is 35.5. The molecule has 0 radical (unpaired) electrons. The van der Waals surface area contributed by atoms with Crippen molar-refractivity contribution in [3.8, 4) is 6.07 Å². The molecule has 0 amide bonds. The van der Waals surface area contributed by atoms with Crippen molar-refractivity contribution in [2.24, 2.45) is 0 Å². The minimum Gasteiger partial charge on any atom is -0.383 e. The van der Waals surface area contributed by atoms with Crippen LogP contribution >= 0.6 is 11.6 Å². The quantitative estimate of drug-likeness (QED) is 0.916. The van der Waals surface area contributed by atoms with Gasteiger partial charge < -0.3 is 5.32 Å². The molecule has 1 aliphatic rings. The molecule has 1 aliphatic heterocycles. The van der Waals surface area contributed by atoms with Gasteiger partial charge in [0.15, 0.2) is 0 Å². The van der Waals surface area contributed by atoms with Crippen molar-refractivity contribution in [2.45, 2.75) is 32.2 Å². The Morgan fingerprint density at radius 2 is 2.32 bits per heavy atom. The summed E-state index contributed by atoms with van der Waals surface area (Å²) in [5, 5.41) is 13.0. The molecule has 2 rings (SSSR count). The molecule has 0 aromatic heterocycles. The Hall–Kier alpha value is -1.24. The lowest BCUT2D eigenvalue weighted by Crippen LogP contribution is -2.40. The van der Waals surface area contributed by atoms with Gasteiger partial charge in [0.05, 0.1) is 11.3 Å². The van der Waals surface area contributed by atoms with E-state index in [2.05, 4.69) is 23.2 Å². The maximum atomic E-state index is 9.07. The second-order valence-electron chi connectivity index (χ2n) is 5.11. The topological polar surface area (TPSA) is 39.1 Å². The summed E-state index contributed by atoms with van der Waals surface area (Å²) in [6.07, 6.45) is 3.94.